The monoisotopic (exact) mass is 344 g/mol. The molecule has 0 amide bonds. The van der Waals surface area contributed by atoms with Gasteiger partial charge in [0.25, 0.3) is 5.69 Å². The van der Waals surface area contributed by atoms with Crippen molar-refractivity contribution in [1.82, 2.24) is 14.8 Å². The lowest BCUT2D eigenvalue weighted by atomic mass is 10.1. The van der Waals surface area contributed by atoms with E-state index in [2.05, 4.69) is 20.1 Å². The Hall–Kier alpha value is -3.74. The van der Waals surface area contributed by atoms with Crippen molar-refractivity contribution in [1.29, 1.82) is 0 Å². The van der Waals surface area contributed by atoms with Gasteiger partial charge in [0.05, 0.1) is 21.5 Å². The highest BCUT2D eigenvalue weighted by molar-refractivity contribution is 5.63. The van der Waals surface area contributed by atoms with Crippen LogP contribution in [0, 0.1) is 20.2 Å². The Kier molecular flexibility index (Phi) is 4.02. The molecule has 1 aromatic heterocycles. The molecule has 0 spiro atoms. The molecule has 0 aliphatic rings. The van der Waals surface area contributed by atoms with Gasteiger partial charge in [-0.25, -0.2) is 9.67 Å². The lowest BCUT2D eigenvalue weighted by molar-refractivity contribution is -0.394. The molecule has 0 bridgehead atoms. The third kappa shape index (κ3) is 3.05. The summed E-state index contributed by atoms with van der Waals surface area (Å²) in [5.74, 6) is -0.585. The number of nitrogens with zero attached hydrogens (tertiary/aromatic N) is 8. The second-order valence-electron chi connectivity index (χ2n) is 4.05. The van der Waals surface area contributed by atoms with E-state index in [1.54, 1.807) is 0 Å². The number of nitro groups is 2. The minimum Gasteiger partial charge on any atom is -0.258 e. The lowest BCUT2D eigenvalue weighted by Gasteiger charge is -2.12. The van der Waals surface area contributed by atoms with Crippen LogP contribution in [0.2, 0.25) is 0 Å². The zero-order chi connectivity index (χ0) is 18.1. The van der Waals surface area contributed by atoms with Gasteiger partial charge in [-0.3, -0.25) is 20.2 Å². The Balaban J connectivity index is 2.86. The average Bonchev–Trinajstić information content (AvgIpc) is 2.93. The Morgan fingerprint density at radius 2 is 1.92 bits per heavy atom. The SMILES string of the molecule is [N-]=[N+]=Nc1ncn(-c2c([N+](=O)[O-])cc([N+](=O)[O-])cc2C(F)(F)F)n1. The first-order chi connectivity index (χ1) is 11.1. The molecule has 0 fully saturated rings. The zero-order valence-electron chi connectivity index (χ0n) is 11.1. The first-order valence-electron chi connectivity index (χ1n) is 5.66. The van der Waals surface area contributed by atoms with Crippen molar-refractivity contribution in [2.24, 2.45) is 5.11 Å². The molecule has 1 aromatic carbocycles. The molecular formula is C9H3F3N8O4. The van der Waals surface area contributed by atoms with Crippen LogP contribution in [-0.4, -0.2) is 24.6 Å². The molecule has 0 saturated heterocycles. The topological polar surface area (TPSA) is 166 Å². The summed E-state index contributed by atoms with van der Waals surface area (Å²) in [6.07, 6.45) is -4.51. The van der Waals surface area contributed by atoms with Gasteiger partial charge in [0.15, 0.2) is 5.69 Å². The molecule has 0 saturated carbocycles. The summed E-state index contributed by atoms with van der Waals surface area (Å²) in [6.45, 7) is 0. The molecule has 2 rings (SSSR count). The largest absolute Gasteiger partial charge is 0.419 e. The predicted molar refractivity (Wildman–Crippen MR) is 68.5 cm³/mol. The molecule has 0 unspecified atom stereocenters. The van der Waals surface area contributed by atoms with Gasteiger partial charge < -0.3 is 0 Å². The fraction of sp³-hybridized carbons (Fsp3) is 0.111. The van der Waals surface area contributed by atoms with Crippen molar-refractivity contribution in [3.8, 4) is 5.69 Å². The number of nitro benzene ring substituents is 2. The normalized spacial score (nSPS) is 11.0. The molecule has 0 aliphatic carbocycles. The second kappa shape index (κ2) is 5.81. The molecule has 1 heterocycles. The van der Waals surface area contributed by atoms with Crippen LogP contribution in [0.15, 0.2) is 23.6 Å². The summed E-state index contributed by atoms with van der Waals surface area (Å²) in [6, 6.07) is 0.497. The van der Waals surface area contributed by atoms with Crippen LogP contribution in [0.1, 0.15) is 5.56 Å². The van der Waals surface area contributed by atoms with Crippen LogP contribution in [0.5, 0.6) is 0 Å². The van der Waals surface area contributed by atoms with Crippen molar-refractivity contribution < 1.29 is 23.0 Å². The predicted octanol–water partition coefficient (Wildman–Crippen LogP) is 3.04. The van der Waals surface area contributed by atoms with E-state index in [1.807, 2.05) is 0 Å². The maximum Gasteiger partial charge on any atom is 0.419 e. The van der Waals surface area contributed by atoms with E-state index >= 15 is 0 Å². The number of alkyl halides is 3. The van der Waals surface area contributed by atoms with Crippen LogP contribution in [0.25, 0.3) is 16.1 Å². The van der Waals surface area contributed by atoms with Gasteiger partial charge >= 0.3 is 11.9 Å². The van der Waals surface area contributed by atoms with Gasteiger partial charge in [0, 0.05) is 11.0 Å². The number of rotatable bonds is 4. The summed E-state index contributed by atoms with van der Waals surface area (Å²) in [7, 11) is 0. The Morgan fingerprint density at radius 1 is 1.25 bits per heavy atom. The molecule has 0 atom stereocenters. The maximum atomic E-state index is 13.2. The maximum absolute atomic E-state index is 13.2. The number of hydrogen-bond acceptors (Lipinski definition) is 7. The smallest absolute Gasteiger partial charge is 0.258 e. The van der Waals surface area contributed by atoms with Gasteiger partial charge in [0.2, 0.25) is 5.95 Å². The van der Waals surface area contributed by atoms with E-state index < -0.39 is 44.6 Å². The average molecular weight is 344 g/mol. The number of azide groups is 1. The Labute approximate surface area is 128 Å². The van der Waals surface area contributed by atoms with Crippen LogP contribution < -0.4 is 0 Å². The molecule has 12 nitrogen and oxygen atoms in total. The third-order valence-corrected chi connectivity index (χ3v) is 2.63. The standard InChI is InChI=1S/C9H3F3N8O4/c10-9(11,12)5-1-4(19(21)22)2-6(20(23)24)7(5)18-3-14-8(16-18)15-17-13/h1-3H. The highest BCUT2D eigenvalue weighted by Gasteiger charge is 2.40. The number of halogens is 3. The molecular weight excluding hydrogens is 341 g/mol. The van der Waals surface area contributed by atoms with Crippen molar-refractivity contribution in [3.63, 3.8) is 0 Å². The van der Waals surface area contributed by atoms with Gasteiger partial charge in [0.1, 0.15) is 6.33 Å². The molecule has 124 valence electrons. The summed E-state index contributed by atoms with van der Waals surface area (Å²) in [4.78, 5) is 25.0. The minimum atomic E-state index is -5.16. The summed E-state index contributed by atoms with van der Waals surface area (Å²) in [5, 5.41) is 28.1. The first kappa shape index (κ1) is 16.6. The Morgan fingerprint density at radius 3 is 2.42 bits per heavy atom. The number of benzene rings is 1. The van der Waals surface area contributed by atoms with E-state index in [9.17, 15) is 33.4 Å². The van der Waals surface area contributed by atoms with Gasteiger partial charge in [-0.05, 0) is 10.6 Å². The van der Waals surface area contributed by atoms with Crippen molar-refractivity contribution >= 4 is 17.3 Å². The van der Waals surface area contributed by atoms with Gasteiger partial charge in [-0.1, -0.05) is 0 Å². The van der Waals surface area contributed by atoms with Crippen LogP contribution in [0.4, 0.5) is 30.5 Å². The zero-order valence-corrected chi connectivity index (χ0v) is 11.1. The second-order valence-corrected chi connectivity index (χ2v) is 4.05. The van der Waals surface area contributed by atoms with E-state index in [1.165, 1.54) is 0 Å². The van der Waals surface area contributed by atoms with Crippen LogP contribution >= 0.6 is 0 Å². The van der Waals surface area contributed by atoms with Crippen LogP contribution in [-0.2, 0) is 6.18 Å². The third-order valence-electron chi connectivity index (χ3n) is 2.63. The fourth-order valence-corrected chi connectivity index (χ4v) is 1.75. The van der Waals surface area contributed by atoms with Crippen LogP contribution in [0.3, 0.4) is 0 Å². The van der Waals surface area contributed by atoms with E-state index in [-0.39, 0.29) is 6.07 Å². The van der Waals surface area contributed by atoms with Gasteiger partial charge in [-0.15, -0.1) is 5.10 Å². The van der Waals surface area contributed by atoms with Crippen molar-refractivity contribution in [2.75, 3.05) is 0 Å². The van der Waals surface area contributed by atoms with E-state index in [4.69, 9.17) is 5.53 Å². The summed E-state index contributed by atoms with van der Waals surface area (Å²) < 4.78 is 39.9. The molecule has 0 radical (unpaired) electrons. The fourth-order valence-electron chi connectivity index (χ4n) is 1.75. The summed E-state index contributed by atoms with van der Waals surface area (Å²) in [5.41, 5.74) is 3.14. The van der Waals surface area contributed by atoms with Crippen molar-refractivity contribution in [3.05, 3.63) is 54.7 Å². The highest BCUT2D eigenvalue weighted by atomic mass is 19.4. The van der Waals surface area contributed by atoms with Gasteiger partial charge in [-0.2, -0.15) is 13.2 Å². The minimum absolute atomic E-state index is 0.136. The molecule has 0 N–H and O–H groups in total. The van der Waals surface area contributed by atoms with E-state index in [0.29, 0.717) is 17.1 Å². The molecule has 24 heavy (non-hydrogen) atoms. The molecule has 0 aliphatic heterocycles. The highest BCUT2D eigenvalue weighted by Crippen LogP contribution is 2.40. The van der Waals surface area contributed by atoms with Crippen molar-refractivity contribution in [2.45, 2.75) is 6.18 Å². The number of hydrogen-bond donors (Lipinski definition) is 0. The Bertz CT molecular complexity index is 885. The first-order valence-corrected chi connectivity index (χ1v) is 5.66. The van der Waals surface area contributed by atoms with E-state index in [0.717, 1.165) is 0 Å². The lowest BCUT2D eigenvalue weighted by Crippen LogP contribution is -2.14. The molecule has 15 heteroatoms. The quantitative estimate of drug-likeness (QED) is 0.271. The number of non-ortho nitro benzene ring substituents is 1. The summed E-state index contributed by atoms with van der Waals surface area (Å²) >= 11 is 0. The molecule has 2 aromatic rings. The number of aromatic nitrogens is 3.